The molecular formula is C24H20N2O3. The minimum absolute atomic E-state index is 0.167. The van der Waals surface area contributed by atoms with Crippen LogP contribution in [0, 0.1) is 0 Å². The highest BCUT2D eigenvalue weighted by Gasteiger charge is 2.28. The second-order valence-corrected chi connectivity index (χ2v) is 6.79. The number of ether oxygens (including phenoxy) is 1. The first-order valence-corrected chi connectivity index (χ1v) is 9.46. The van der Waals surface area contributed by atoms with E-state index in [4.69, 9.17) is 4.74 Å². The van der Waals surface area contributed by atoms with Crippen molar-refractivity contribution in [2.45, 2.75) is 20.3 Å². The van der Waals surface area contributed by atoms with Gasteiger partial charge in [0.1, 0.15) is 5.75 Å². The zero-order chi connectivity index (χ0) is 20.4. The smallest absolute Gasteiger partial charge is 0.310 e. The van der Waals surface area contributed by atoms with Crippen LogP contribution in [0.4, 0.5) is 5.69 Å². The molecule has 1 aliphatic heterocycles. The van der Waals surface area contributed by atoms with Crippen molar-refractivity contribution in [3.8, 4) is 5.75 Å². The number of carbonyl (C=O) groups excluding carboxylic acids is 2. The standard InChI is InChI=1S/C24H20N2O3/c1-3-23(27)29-21-12-8-17(9-13-21)14-22-16(2)25-26(24(22)28)20-11-10-18-6-4-5-7-19(18)15-20/h4-15H,3H2,1-2H3. The maximum absolute atomic E-state index is 13.0. The van der Waals surface area contributed by atoms with E-state index in [0.717, 1.165) is 22.0 Å². The summed E-state index contributed by atoms with van der Waals surface area (Å²) in [6, 6.07) is 20.9. The molecule has 1 amide bonds. The van der Waals surface area contributed by atoms with Crippen LogP contribution in [0.3, 0.4) is 0 Å². The van der Waals surface area contributed by atoms with Crippen molar-refractivity contribution in [3.05, 3.63) is 77.9 Å². The van der Waals surface area contributed by atoms with Crippen LogP contribution in [0.15, 0.2) is 77.4 Å². The summed E-state index contributed by atoms with van der Waals surface area (Å²) in [5, 5.41) is 8.06. The third-order valence-corrected chi connectivity index (χ3v) is 4.75. The number of hydrazone groups is 1. The molecule has 29 heavy (non-hydrogen) atoms. The molecule has 0 atom stereocenters. The van der Waals surface area contributed by atoms with Crippen LogP contribution >= 0.6 is 0 Å². The fourth-order valence-corrected chi connectivity index (χ4v) is 3.17. The molecule has 3 aromatic carbocycles. The predicted octanol–water partition coefficient (Wildman–Crippen LogP) is 4.96. The number of benzene rings is 3. The van der Waals surface area contributed by atoms with Crippen molar-refractivity contribution in [2.24, 2.45) is 5.10 Å². The maximum Gasteiger partial charge on any atom is 0.310 e. The van der Waals surface area contributed by atoms with E-state index >= 15 is 0 Å². The maximum atomic E-state index is 13.0. The van der Waals surface area contributed by atoms with Crippen LogP contribution in [-0.4, -0.2) is 17.6 Å². The summed E-state index contributed by atoms with van der Waals surface area (Å²) in [6.07, 6.45) is 2.12. The average molecular weight is 384 g/mol. The Labute approximate surface area is 168 Å². The summed E-state index contributed by atoms with van der Waals surface area (Å²) in [7, 11) is 0. The van der Waals surface area contributed by atoms with Crippen LogP contribution in [0.2, 0.25) is 0 Å². The first-order chi connectivity index (χ1) is 14.0. The number of carbonyl (C=O) groups is 2. The number of hydrogen-bond donors (Lipinski definition) is 0. The largest absolute Gasteiger partial charge is 0.427 e. The van der Waals surface area contributed by atoms with E-state index in [1.165, 1.54) is 5.01 Å². The average Bonchev–Trinajstić information content (AvgIpc) is 3.03. The number of amides is 1. The van der Waals surface area contributed by atoms with Crippen molar-refractivity contribution < 1.29 is 14.3 Å². The molecule has 1 aliphatic rings. The van der Waals surface area contributed by atoms with Gasteiger partial charge in [0.05, 0.1) is 17.0 Å². The highest BCUT2D eigenvalue weighted by atomic mass is 16.5. The quantitative estimate of drug-likeness (QED) is 0.363. The van der Waals surface area contributed by atoms with Crippen molar-refractivity contribution in [2.75, 3.05) is 5.01 Å². The Kier molecular flexibility index (Phi) is 4.96. The molecule has 0 bridgehead atoms. The summed E-state index contributed by atoms with van der Waals surface area (Å²) in [5.41, 5.74) is 2.76. The molecule has 5 nitrogen and oxygen atoms in total. The van der Waals surface area contributed by atoms with Gasteiger partial charge in [-0.2, -0.15) is 10.1 Å². The van der Waals surface area contributed by atoms with E-state index in [2.05, 4.69) is 5.10 Å². The molecule has 0 unspecified atom stereocenters. The fourth-order valence-electron chi connectivity index (χ4n) is 3.17. The molecule has 3 aromatic rings. The monoisotopic (exact) mass is 384 g/mol. The zero-order valence-corrected chi connectivity index (χ0v) is 16.3. The van der Waals surface area contributed by atoms with Crippen LogP contribution in [-0.2, 0) is 9.59 Å². The Morgan fingerprint density at radius 2 is 1.76 bits per heavy atom. The lowest BCUT2D eigenvalue weighted by Gasteiger charge is -2.12. The van der Waals surface area contributed by atoms with Crippen molar-refractivity contribution >= 4 is 40.1 Å². The summed E-state index contributed by atoms with van der Waals surface area (Å²) in [6.45, 7) is 3.57. The molecule has 0 spiro atoms. The number of fused-ring (bicyclic) bond motifs is 1. The Morgan fingerprint density at radius 1 is 1.03 bits per heavy atom. The first kappa shape index (κ1) is 18.6. The van der Waals surface area contributed by atoms with Gasteiger partial charge in [0, 0.05) is 6.42 Å². The Morgan fingerprint density at radius 3 is 2.48 bits per heavy atom. The molecule has 1 heterocycles. The van der Waals surface area contributed by atoms with E-state index in [9.17, 15) is 9.59 Å². The van der Waals surface area contributed by atoms with Gasteiger partial charge in [0.2, 0.25) is 0 Å². The van der Waals surface area contributed by atoms with Crippen molar-refractivity contribution in [1.29, 1.82) is 0 Å². The summed E-state index contributed by atoms with van der Waals surface area (Å²) >= 11 is 0. The van der Waals surface area contributed by atoms with E-state index < -0.39 is 0 Å². The Bertz CT molecular complexity index is 1160. The fraction of sp³-hybridized carbons (Fsp3) is 0.125. The van der Waals surface area contributed by atoms with Crippen LogP contribution in [0.5, 0.6) is 5.75 Å². The lowest BCUT2D eigenvalue weighted by Crippen LogP contribution is -2.21. The molecule has 0 fully saturated rings. The van der Waals surface area contributed by atoms with E-state index in [1.54, 1.807) is 25.1 Å². The second-order valence-electron chi connectivity index (χ2n) is 6.79. The van der Waals surface area contributed by atoms with Gasteiger partial charge in [0.15, 0.2) is 0 Å². The molecule has 5 heteroatoms. The molecule has 0 aromatic heterocycles. The number of rotatable bonds is 4. The summed E-state index contributed by atoms with van der Waals surface area (Å²) in [4.78, 5) is 24.4. The van der Waals surface area contributed by atoms with Gasteiger partial charge < -0.3 is 4.74 Å². The topological polar surface area (TPSA) is 59.0 Å². The van der Waals surface area contributed by atoms with Crippen molar-refractivity contribution in [3.63, 3.8) is 0 Å². The normalized spacial score (nSPS) is 15.1. The summed E-state index contributed by atoms with van der Waals surface area (Å²) < 4.78 is 5.18. The van der Waals surface area contributed by atoms with Gasteiger partial charge in [-0.15, -0.1) is 0 Å². The number of hydrogen-bond acceptors (Lipinski definition) is 4. The molecular weight excluding hydrogens is 364 g/mol. The number of esters is 1. The third-order valence-electron chi connectivity index (χ3n) is 4.75. The van der Waals surface area contributed by atoms with Crippen LogP contribution in [0.25, 0.3) is 16.8 Å². The first-order valence-electron chi connectivity index (χ1n) is 9.46. The van der Waals surface area contributed by atoms with Gasteiger partial charge in [-0.1, -0.05) is 49.4 Å². The van der Waals surface area contributed by atoms with E-state index in [-0.39, 0.29) is 11.9 Å². The number of nitrogens with zero attached hydrogens (tertiary/aromatic N) is 2. The van der Waals surface area contributed by atoms with Crippen LogP contribution < -0.4 is 9.75 Å². The zero-order valence-electron chi connectivity index (χ0n) is 16.3. The Hall–Kier alpha value is -3.73. The van der Waals surface area contributed by atoms with E-state index in [0.29, 0.717) is 23.5 Å². The van der Waals surface area contributed by atoms with Gasteiger partial charge >= 0.3 is 5.97 Å². The van der Waals surface area contributed by atoms with Crippen LogP contribution in [0.1, 0.15) is 25.8 Å². The molecule has 144 valence electrons. The Balaban J connectivity index is 1.58. The second kappa shape index (κ2) is 7.72. The molecule has 0 radical (unpaired) electrons. The van der Waals surface area contributed by atoms with Gasteiger partial charge in [-0.25, -0.2) is 0 Å². The highest BCUT2D eigenvalue weighted by Crippen LogP contribution is 2.28. The van der Waals surface area contributed by atoms with Gasteiger partial charge in [-0.3, -0.25) is 9.59 Å². The van der Waals surface area contributed by atoms with Gasteiger partial charge in [0.25, 0.3) is 5.91 Å². The molecule has 4 rings (SSSR count). The lowest BCUT2D eigenvalue weighted by atomic mass is 10.1. The third kappa shape index (κ3) is 3.80. The molecule has 0 saturated heterocycles. The summed E-state index contributed by atoms with van der Waals surface area (Å²) in [5.74, 6) is 0.0373. The predicted molar refractivity (Wildman–Crippen MR) is 115 cm³/mol. The van der Waals surface area contributed by atoms with E-state index in [1.807, 2.05) is 61.5 Å². The molecule has 0 aliphatic carbocycles. The SMILES string of the molecule is CCC(=O)Oc1ccc(C=C2C(=O)N(c3ccc4ccccc4c3)N=C2C)cc1. The minimum Gasteiger partial charge on any atom is -0.427 e. The lowest BCUT2D eigenvalue weighted by molar-refractivity contribution is -0.134. The number of anilines is 1. The van der Waals surface area contributed by atoms with Gasteiger partial charge in [-0.05, 0) is 53.6 Å². The molecule has 0 saturated carbocycles. The van der Waals surface area contributed by atoms with Crippen molar-refractivity contribution in [1.82, 2.24) is 0 Å². The minimum atomic E-state index is -0.281. The highest BCUT2D eigenvalue weighted by molar-refractivity contribution is 6.32. The molecule has 0 N–H and O–H groups in total.